The van der Waals surface area contributed by atoms with Crippen molar-refractivity contribution in [1.82, 2.24) is 0 Å². The fourth-order valence-electron chi connectivity index (χ4n) is 0.301. The van der Waals surface area contributed by atoms with E-state index >= 15 is 0 Å². The summed E-state index contributed by atoms with van der Waals surface area (Å²) in [6.07, 6.45) is -5.05. The Labute approximate surface area is 54.3 Å². The van der Waals surface area contributed by atoms with Gasteiger partial charge in [0.1, 0.15) is 6.67 Å². The first kappa shape index (κ1) is 9.39. The third-order valence-electron chi connectivity index (χ3n) is 0.824. The monoisotopic (exact) mass is 160 g/mol. The Balaban J connectivity index is 4.47. The van der Waals surface area contributed by atoms with E-state index in [0.29, 0.717) is 0 Å². The molecule has 0 aliphatic rings. The molecule has 10 heavy (non-hydrogen) atoms. The Bertz CT molecular complexity index is 143. The lowest BCUT2D eigenvalue weighted by Gasteiger charge is -2.03. The lowest BCUT2D eigenvalue weighted by atomic mass is 10.3. The summed E-state index contributed by atoms with van der Waals surface area (Å²) in [6, 6.07) is 0. The average Bonchev–Trinajstić information content (AvgIpc) is 1.83. The molecular formula is C5H5F5. The lowest BCUT2D eigenvalue weighted by molar-refractivity contribution is -0.110. The van der Waals surface area contributed by atoms with Crippen LogP contribution in [-0.2, 0) is 0 Å². The zero-order valence-electron chi connectivity index (χ0n) is 5.10. The van der Waals surface area contributed by atoms with Gasteiger partial charge in [-0.05, 0) is 12.5 Å². The summed E-state index contributed by atoms with van der Waals surface area (Å²) in [5.41, 5.74) is -0.924. The normalized spacial score (nSPS) is 15.0. The molecule has 0 rings (SSSR count). The Morgan fingerprint density at radius 3 is 1.80 bits per heavy atom. The number of halogens is 5. The van der Waals surface area contributed by atoms with Crippen LogP contribution in [0, 0.1) is 0 Å². The number of allylic oxidation sites excluding steroid dienone is 2. The van der Waals surface area contributed by atoms with Gasteiger partial charge in [-0.15, -0.1) is 0 Å². The van der Waals surface area contributed by atoms with Crippen LogP contribution in [0.25, 0.3) is 0 Å². The molecule has 0 fully saturated rings. The molecule has 0 amide bonds. The highest BCUT2D eigenvalue weighted by atomic mass is 19.4. The first-order chi connectivity index (χ1) is 4.39. The maximum absolute atomic E-state index is 11.8. The van der Waals surface area contributed by atoms with E-state index in [2.05, 4.69) is 0 Å². The van der Waals surface area contributed by atoms with Crippen molar-refractivity contribution in [2.75, 3.05) is 6.67 Å². The van der Waals surface area contributed by atoms with E-state index in [1.165, 1.54) is 0 Å². The van der Waals surface area contributed by atoms with Gasteiger partial charge in [-0.1, -0.05) is 0 Å². The molecule has 0 unspecified atom stereocenters. The Morgan fingerprint density at radius 2 is 1.70 bits per heavy atom. The summed E-state index contributed by atoms with van der Waals surface area (Å²) >= 11 is 0. The average molecular weight is 160 g/mol. The van der Waals surface area contributed by atoms with Crippen LogP contribution in [0.3, 0.4) is 0 Å². The van der Waals surface area contributed by atoms with E-state index in [0.717, 1.165) is 6.92 Å². The molecule has 0 aliphatic heterocycles. The highest BCUT2D eigenvalue weighted by Crippen LogP contribution is 2.28. The predicted molar refractivity (Wildman–Crippen MR) is 25.8 cm³/mol. The Morgan fingerprint density at radius 1 is 1.30 bits per heavy atom. The second kappa shape index (κ2) is 2.98. The van der Waals surface area contributed by atoms with E-state index in [1.54, 1.807) is 0 Å². The molecule has 0 saturated carbocycles. The minimum absolute atomic E-state index is 0.753. The summed E-state index contributed by atoms with van der Waals surface area (Å²) in [4.78, 5) is 0. The highest BCUT2D eigenvalue weighted by molar-refractivity contribution is 5.09. The summed E-state index contributed by atoms with van der Waals surface area (Å²) in [5.74, 6) is -2.34. The molecule has 0 aromatic heterocycles. The SMILES string of the molecule is C/C(CF)=C(\F)C(F)(F)F. The van der Waals surface area contributed by atoms with E-state index in [4.69, 9.17) is 0 Å². The first-order valence-electron chi connectivity index (χ1n) is 2.38. The Kier molecular flexibility index (Phi) is 2.80. The van der Waals surface area contributed by atoms with Gasteiger partial charge in [0.25, 0.3) is 0 Å². The molecule has 0 spiro atoms. The molecule has 0 atom stereocenters. The zero-order valence-corrected chi connectivity index (χ0v) is 5.10. The van der Waals surface area contributed by atoms with Crippen LogP contribution < -0.4 is 0 Å². The minimum Gasteiger partial charge on any atom is -0.246 e. The van der Waals surface area contributed by atoms with E-state index < -0.39 is 24.3 Å². The summed E-state index contributed by atoms with van der Waals surface area (Å²) in [5, 5.41) is 0. The quantitative estimate of drug-likeness (QED) is 0.517. The topological polar surface area (TPSA) is 0 Å². The van der Waals surface area contributed by atoms with E-state index in [1.807, 2.05) is 0 Å². The van der Waals surface area contributed by atoms with Crippen LogP contribution in [0.1, 0.15) is 6.92 Å². The maximum atomic E-state index is 11.8. The first-order valence-corrected chi connectivity index (χ1v) is 2.38. The number of hydrogen-bond donors (Lipinski definition) is 0. The fraction of sp³-hybridized carbons (Fsp3) is 0.600. The van der Waals surface area contributed by atoms with Crippen molar-refractivity contribution in [2.45, 2.75) is 13.1 Å². The van der Waals surface area contributed by atoms with Gasteiger partial charge in [0.05, 0.1) is 0 Å². The van der Waals surface area contributed by atoms with Crippen LogP contribution in [0.15, 0.2) is 11.4 Å². The molecule has 0 aromatic carbocycles. The number of hydrogen-bond acceptors (Lipinski definition) is 0. The Hall–Kier alpha value is -0.610. The van der Waals surface area contributed by atoms with Gasteiger partial charge in [-0.3, -0.25) is 0 Å². The third-order valence-corrected chi connectivity index (χ3v) is 0.824. The van der Waals surface area contributed by atoms with Crippen molar-refractivity contribution < 1.29 is 22.0 Å². The molecule has 60 valence electrons. The molecule has 0 N–H and O–H groups in total. The predicted octanol–water partition coefficient (Wildman–Crippen LogP) is 2.76. The second-order valence-electron chi connectivity index (χ2n) is 1.73. The zero-order chi connectivity index (χ0) is 8.36. The molecule has 0 aliphatic carbocycles. The number of alkyl halides is 4. The molecule has 0 nitrogen and oxygen atoms in total. The standard InChI is InChI=1S/C5H5F5/c1-3(2-6)4(7)5(8,9)10/h2H2,1H3/b4-3+. The van der Waals surface area contributed by atoms with Crippen molar-refractivity contribution in [2.24, 2.45) is 0 Å². The third kappa shape index (κ3) is 2.33. The molecule has 5 heteroatoms. The van der Waals surface area contributed by atoms with Crippen molar-refractivity contribution in [1.29, 1.82) is 0 Å². The molecule has 0 aromatic rings. The highest BCUT2D eigenvalue weighted by Gasteiger charge is 2.36. The fourth-order valence-corrected chi connectivity index (χ4v) is 0.301. The molecule has 0 radical (unpaired) electrons. The van der Waals surface area contributed by atoms with Gasteiger partial charge in [0.15, 0.2) is 0 Å². The van der Waals surface area contributed by atoms with Crippen LogP contribution >= 0.6 is 0 Å². The van der Waals surface area contributed by atoms with Crippen molar-refractivity contribution in [3.63, 3.8) is 0 Å². The van der Waals surface area contributed by atoms with Gasteiger partial charge in [-0.25, -0.2) is 8.78 Å². The summed E-state index contributed by atoms with van der Waals surface area (Å²) in [7, 11) is 0. The van der Waals surface area contributed by atoms with Gasteiger partial charge < -0.3 is 0 Å². The lowest BCUT2D eigenvalue weighted by Crippen LogP contribution is -2.10. The summed E-state index contributed by atoms with van der Waals surface area (Å²) in [6.45, 7) is -0.659. The smallest absolute Gasteiger partial charge is 0.246 e. The molecular weight excluding hydrogens is 155 g/mol. The van der Waals surface area contributed by atoms with Crippen LogP contribution in [-0.4, -0.2) is 12.9 Å². The van der Waals surface area contributed by atoms with E-state index in [-0.39, 0.29) is 0 Å². The van der Waals surface area contributed by atoms with Crippen molar-refractivity contribution >= 4 is 0 Å². The maximum Gasteiger partial charge on any atom is 0.442 e. The largest absolute Gasteiger partial charge is 0.442 e. The van der Waals surface area contributed by atoms with Crippen LogP contribution in [0.4, 0.5) is 22.0 Å². The summed E-state index contributed by atoms with van der Waals surface area (Å²) < 4.78 is 57.0. The van der Waals surface area contributed by atoms with Crippen LogP contribution in [0.2, 0.25) is 0 Å². The minimum atomic E-state index is -5.05. The second-order valence-corrected chi connectivity index (χ2v) is 1.73. The molecule has 0 saturated heterocycles. The van der Waals surface area contributed by atoms with Gasteiger partial charge >= 0.3 is 6.18 Å². The van der Waals surface area contributed by atoms with Gasteiger partial charge in [0, 0.05) is 0 Å². The van der Waals surface area contributed by atoms with Gasteiger partial charge in [0.2, 0.25) is 5.83 Å². The number of rotatable bonds is 1. The molecule has 0 bridgehead atoms. The van der Waals surface area contributed by atoms with Crippen LogP contribution in [0.5, 0.6) is 0 Å². The van der Waals surface area contributed by atoms with Crippen molar-refractivity contribution in [3.05, 3.63) is 11.4 Å². The van der Waals surface area contributed by atoms with Gasteiger partial charge in [-0.2, -0.15) is 13.2 Å². The molecule has 0 heterocycles. The van der Waals surface area contributed by atoms with Crippen molar-refractivity contribution in [3.8, 4) is 0 Å². The van der Waals surface area contributed by atoms with E-state index in [9.17, 15) is 22.0 Å².